The van der Waals surface area contributed by atoms with E-state index in [1.807, 2.05) is 0 Å². The molecule has 0 saturated carbocycles. The molecule has 2 saturated heterocycles. The van der Waals surface area contributed by atoms with E-state index in [1.165, 1.54) is 12.1 Å². The third-order valence-electron chi connectivity index (χ3n) is 7.49. The summed E-state index contributed by atoms with van der Waals surface area (Å²) in [5, 5.41) is 17.7. The van der Waals surface area contributed by atoms with Crippen molar-refractivity contribution < 1.29 is 23.8 Å². The van der Waals surface area contributed by atoms with Gasteiger partial charge in [-0.2, -0.15) is 0 Å². The van der Waals surface area contributed by atoms with Crippen LogP contribution in [0.3, 0.4) is 0 Å². The van der Waals surface area contributed by atoms with Crippen LogP contribution in [0, 0.1) is 5.82 Å². The second-order valence-electron chi connectivity index (χ2n) is 9.70. The number of carbonyl (C=O) groups excluding carboxylic acids is 2. The number of rotatable bonds is 6. The van der Waals surface area contributed by atoms with Gasteiger partial charge in [0.2, 0.25) is 0 Å². The topological polar surface area (TPSA) is 90.9 Å². The minimum absolute atomic E-state index is 0.0514. The molecule has 2 bridgehead atoms. The molecule has 3 aliphatic heterocycles. The van der Waals surface area contributed by atoms with Gasteiger partial charge in [0, 0.05) is 29.3 Å². The number of aliphatic hydroxyl groups is 1. The van der Waals surface area contributed by atoms with Crippen molar-refractivity contribution in [3.63, 3.8) is 0 Å². The van der Waals surface area contributed by atoms with Crippen LogP contribution >= 0.6 is 11.6 Å². The largest absolute Gasteiger partial charge is 0.463 e. The predicted molar refractivity (Wildman–Crippen MR) is 133 cm³/mol. The smallest absolute Gasteiger partial charge is 0.338 e. The Balaban J connectivity index is 1.45. The van der Waals surface area contributed by atoms with Gasteiger partial charge in [-0.25, -0.2) is 14.0 Å². The molecule has 5 rings (SSSR count). The molecule has 3 N–H and O–H groups in total. The fourth-order valence-corrected chi connectivity index (χ4v) is 5.98. The van der Waals surface area contributed by atoms with Crippen LogP contribution in [0.4, 0.5) is 9.18 Å². The first-order valence-electron chi connectivity index (χ1n) is 12.2. The van der Waals surface area contributed by atoms with Gasteiger partial charge < -0.3 is 20.5 Å². The molecule has 2 aromatic carbocycles. The summed E-state index contributed by atoms with van der Waals surface area (Å²) < 4.78 is 18.8. The Morgan fingerprint density at radius 1 is 1.14 bits per heavy atom. The number of carbonyl (C=O) groups is 2. The lowest BCUT2D eigenvalue weighted by Gasteiger charge is -2.45. The van der Waals surface area contributed by atoms with Crippen LogP contribution in [0.1, 0.15) is 49.8 Å². The lowest BCUT2D eigenvalue weighted by atomic mass is 9.80. The van der Waals surface area contributed by atoms with E-state index >= 15 is 0 Å². The van der Waals surface area contributed by atoms with Gasteiger partial charge in [0.15, 0.2) is 0 Å². The highest BCUT2D eigenvalue weighted by atomic mass is 35.5. The zero-order chi connectivity index (χ0) is 25.4. The van der Waals surface area contributed by atoms with E-state index in [2.05, 4.69) is 15.5 Å². The summed E-state index contributed by atoms with van der Waals surface area (Å²) in [6, 6.07) is 12.1. The van der Waals surface area contributed by atoms with Gasteiger partial charge >= 0.3 is 12.0 Å². The molecule has 190 valence electrons. The summed E-state index contributed by atoms with van der Waals surface area (Å²) in [7, 11) is 0. The Morgan fingerprint density at radius 2 is 1.78 bits per heavy atom. The fraction of sp³-hybridized carbons (Fsp3) is 0.407. The van der Waals surface area contributed by atoms with Crippen LogP contribution in [0.25, 0.3) is 0 Å². The Morgan fingerprint density at radius 3 is 2.39 bits per heavy atom. The number of hydrogen-bond acceptors (Lipinski definition) is 5. The number of halogens is 2. The SMILES string of the molecule is CCOC(=O)C1=C(CN2[C@@H]3CC[C@@H]2CC(O)(c2ccc(F)cc2)C3)NC(=O)N[C@H]1c1ccc(Cl)cc1. The molecule has 3 atom stereocenters. The second kappa shape index (κ2) is 9.84. The molecular weight excluding hydrogens is 485 g/mol. The number of ether oxygens (including phenoxy) is 1. The third kappa shape index (κ3) is 4.73. The van der Waals surface area contributed by atoms with Crippen LogP contribution in [0.15, 0.2) is 59.8 Å². The molecular formula is C27H29ClFN3O4. The lowest BCUT2D eigenvalue weighted by Crippen LogP contribution is -2.53. The molecule has 9 heteroatoms. The molecule has 2 fully saturated rings. The molecule has 2 aromatic rings. The van der Waals surface area contributed by atoms with Crippen molar-refractivity contribution in [3.05, 3.63) is 81.8 Å². The first-order valence-corrected chi connectivity index (χ1v) is 12.6. The molecule has 0 radical (unpaired) electrons. The maximum absolute atomic E-state index is 13.5. The molecule has 3 aliphatic rings. The number of benzene rings is 2. The number of nitrogens with one attached hydrogen (secondary N) is 2. The van der Waals surface area contributed by atoms with Gasteiger partial charge in [-0.05, 0) is 68.0 Å². The average molecular weight is 514 g/mol. The molecule has 7 nitrogen and oxygen atoms in total. The number of fused-ring (bicyclic) bond motifs is 2. The van der Waals surface area contributed by atoms with Crippen molar-refractivity contribution in [2.24, 2.45) is 0 Å². The lowest BCUT2D eigenvalue weighted by molar-refractivity contribution is -0.139. The summed E-state index contributed by atoms with van der Waals surface area (Å²) in [4.78, 5) is 28.0. The summed E-state index contributed by atoms with van der Waals surface area (Å²) >= 11 is 6.05. The van der Waals surface area contributed by atoms with Crippen LogP contribution in [0.5, 0.6) is 0 Å². The van der Waals surface area contributed by atoms with E-state index in [0.29, 0.717) is 41.2 Å². The van der Waals surface area contributed by atoms with Gasteiger partial charge in [-0.1, -0.05) is 35.9 Å². The Hall–Kier alpha value is -2.94. The summed E-state index contributed by atoms with van der Waals surface area (Å²) in [5.41, 5.74) is 1.25. The van der Waals surface area contributed by atoms with Crippen LogP contribution in [-0.4, -0.2) is 47.2 Å². The number of urea groups is 1. The summed E-state index contributed by atoms with van der Waals surface area (Å²) in [6.45, 7) is 2.29. The van der Waals surface area contributed by atoms with Gasteiger partial charge in [0.1, 0.15) is 5.82 Å². The molecule has 36 heavy (non-hydrogen) atoms. The number of hydrogen-bond donors (Lipinski definition) is 3. The first kappa shape index (κ1) is 24.7. The first-order chi connectivity index (χ1) is 17.3. The summed E-state index contributed by atoms with van der Waals surface area (Å²) in [6.07, 6.45) is 2.76. The molecule has 0 spiro atoms. The zero-order valence-corrected chi connectivity index (χ0v) is 20.7. The van der Waals surface area contributed by atoms with Crippen LogP contribution in [-0.2, 0) is 15.1 Å². The normalized spacial score (nSPS) is 28.0. The molecule has 0 aromatic heterocycles. The van der Waals surface area contributed by atoms with Gasteiger partial charge in [-0.3, -0.25) is 4.90 Å². The minimum Gasteiger partial charge on any atom is -0.463 e. The van der Waals surface area contributed by atoms with E-state index in [4.69, 9.17) is 16.3 Å². The Bertz CT molecular complexity index is 1170. The van der Waals surface area contributed by atoms with Crippen LogP contribution in [0.2, 0.25) is 5.02 Å². The summed E-state index contributed by atoms with van der Waals surface area (Å²) in [5.74, 6) is -0.829. The van der Waals surface area contributed by atoms with Gasteiger partial charge in [0.05, 0.1) is 23.8 Å². The molecule has 0 aliphatic carbocycles. The van der Waals surface area contributed by atoms with E-state index in [0.717, 1.165) is 18.4 Å². The van der Waals surface area contributed by atoms with E-state index in [9.17, 15) is 19.1 Å². The van der Waals surface area contributed by atoms with Crippen molar-refractivity contribution in [2.75, 3.05) is 13.2 Å². The molecule has 0 unspecified atom stereocenters. The van der Waals surface area contributed by atoms with Crippen molar-refractivity contribution in [3.8, 4) is 0 Å². The highest BCUT2D eigenvalue weighted by molar-refractivity contribution is 6.30. The number of esters is 1. The zero-order valence-electron chi connectivity index (χ0n) is 20.0. The van der Waals surface area contributed by atoms with Crippen molar-refractivity contribution in [2.45, 2.75) is 56.3 Å². The van der Waals surface area contributed by atoms with E-state index in [-0.39, 0.29) is 24.5 Å². The molecule has 3 heterocycles. The number of nitrogens with zero attached hydrogens (tertiary/aromatic N) is 1. The highest BCUT2D eigenvalue weighted by Crippen LogP contribution is 2.46. The third-order valence-corrected chi connectivity index (χ3v) is 7.74. The van der Waals surface area contributed by atoms with E-state index in [1.54, 1.807) is 43.3 Å². The quantitative estimate of drug-likeness (QED) is 0.504. The molecule has 2 amide bonds. The minimum atomic E-state index is -1.04. The maximum atomic E-state index is 13.5. The van der Waals surface area contributed by atoms with Gasteiger partial charge in [-0.15, -0.1) is 0 Å². The average Bonchev–Trinajstić information content (AvgIpc) is 3.08. The Kier molecular flexibility index (Phi) is 6.76. The standard InChI is InChI=1S/C27H29ClFN3O4/c1-2-36-25(33)23-22(30-26(34)31-24(23)16-3-7-18(28)8-4-16)15-32-20-11-12-21(32)14-27(35,13-20)17-5-9-19(29)10-6-17/h3-10,20-21,24,35H,2,11-15H2,1H3,(H2,30,31,34)/t20-,21-,24+/m1/s1. The Labute approximate surface area is 214 Å². The van der Waals surface area contributed by atoms with Crippen molar-refractivity contribution >= 4 is 23.6 Å². The highest BCUT2D eigenvalue weighted by Gasteiger charge is 2.49. The second-order valence-corrected chi connectivity index (χ2v) is 10.1. The number of amides is 2. The monoisotopic (exact) mass is 513 g/mol. The van der Waals surface area contributed by atoms with Crippen molar-refractivity contribution in [1.82, 2.24) is 15.5 Å². The fourth-order valence-electron chi connectivity index (χ4n) is 5.85. The van der Waals surface area contributed by atoms with Gasteiger partial charge in [0.25, 0.3) is 0 Å². The van der Waals surface area contributed by atoms with Crippen molar-refractivity contribution in [1.29, 1.82) is 0 Å². The predicted octanol–water partition coefficient (Wildman–Crippen LogP) is 4.16. The maximum Gasteiger partial charge on any atom is 0.338 e. The van der Waals surface area contributed by atoms with Crippen LogP contribution < -0.4 is 10.6 Å². The van der Waals surface area contributed by atoms with E-state index < -0.39 is 23.6 Å². The number of piperidine rings is 1.